The Hall–Kier alpha value is -1.87. The monoisotopic (exact) mass is 255 g/mol. The van der Waals surface area contributed by atoms with Crippen LogP contribution in [0, 0.1) is 0 Å². The number of rotatable bonds is 6. The van der Waals surface area contributed by atoms with Crippen molar-refractivity contribution in [1.82, 2.24) is 15.1 Å². The maximum Gasteiger partial charge on any atom is 0.0801 e. The van der Waals surface area contributed by atoms with E-state index >= 15 is 0 Å². The lowest BCUT2D eigenvalue weighted by Crippen LogP contribution is -2.17. The Bertz CT molecular complexity index is 528. The summed E-state index contributed by atoms with van der Waals surface area (Å²) >= 11 is 0. The van der Waals surface area contributed by atoms with Crippen LogP contribution in [0.1, 0.15) is 31.5 Å². The van der Waals surface area contributed by atoms with E-state index in [0.29, 0.717) is 0 Å². The lowest BCUT2D eigenvalue weighted by Gasteiger charge is -2.14. The van der Waals surface area contributed by atoms with E-state index in [0.717, 1.165) is 24.2 Å². The fourth-order valence-corrected chi connectivity index (χ4v) is 2.04. The Balaban J connectivity index is 2.17. The Kier molecular flexibility index (Phi) is 4.53. The van der Waals surface area contributed by atoms with E-state index in [4.69, 9.17) is 0 Å². The molecule has 1 N–H and O–H groups in total. The summed E-state index contributed by atoms with van der Waals surface area (Å²) in [6.45, 7) is 6.21. The van der Waals surface area contributed by atoms with Gasteiger partial charge in [0.25, 0.3) is 0 Å². The largest absolute Gasteiger partial charge is 0.311 e. The minimum atomic E-state index is 0.234. The van der Waals surface area contributed by atoms with Gasteiger partial charge >= 0.3 is 0 Å². The van der Waals surface area contributed by atoms with Crippen LogP contribution in [-0.4, -0.2) is 16.8 Å². The molecule has 0 spiro atoms. The molecular formula is C16H21N3. The highest BCUT2D eigenvalue weighted by Crippen LogP contribution is 2.20. The zero-order valence-electron chi connectivity index (χ0n) is 11.6. The highest BCUT2D eigenvalue weighted by atomic mass is 15.3. The second kappa shape index (κ2) is 6.34. The summed E-state index contributed by atoms with van der Waals surface area (Å²) in [6.07, 6.45) is 3.94. The lowest BCUT2D eigenvalue weighted by molar-refractivity contribution is 0.561. The molecule has 0 amide bonds. The van der Waals surface area contributed by atoms with Gasteiger partial charge in [0.1, 0.15) is 0 Å². The van der Waals surface area contributed by atoms with Crippen LogP contribution in [0.2, 0.25) is 0 Å². The molecule has 2 rings (SSSR count). The van der Waals surface area contributed by atoms with Gasteiger partial charge in [-0.2, -0.15) is 5.10 Å². The summed E-state index contributed by atoms with van der Waals surface area (Å²) in [6, 6.07) is 12.5. The van der Waals surface area contributed by atoms with Crippen molar-refractivity contribution < 1.29 is 0 Å². The number of hydrogen-bond acceptors (Lipinski definition) is 2. The number of aromatic nitrogens is 2. The molecule has 0 fully saturated rings. The van der Waals surface area contributed by atoms with Crippen LogP contribution >= 0.6 is 0 Å². The van der Waals surface area contributed by atoms with E-state index in [9.17, 15) is 0 Å². The summed E-state index contributed by atoms with van der Waals surface area (Å²) < 4.78 is 1.91. The van der Waals surface area contributed by atoms with Crippen molar-refractivity contribution in [3.63, 3.8) is 0 Å². The van der Waals surface area contributed by atoms with Crippen LogP contribution in [0.5, 0.6) is 0 Å². The zero-order valence-corrected chi connectivity index (χ0v) is 11.6. The van der Waals surface area contributed by atoms with Crippen LogP contribution in [0.15, 0.2) is 54.7 Å². The van der Waals surface area contributed by atoms with Gasteiger partial charge in [-0.1, -0.05) is 37.3 Å². The first-order valence-corrected chi connectivity index (χ1v) is 6.69. The predicted octanol–water partition coefficient (Wildman–Crippen LogP) is 3.49. The molecule has 1 aromatic heterocycles. The normalized spacial score (nSPS) is 12.3. The summed E-state index contributed by atoms with van der Waals surface area (Å²) in [4.78, 5) is 0. The molecule has 0 aliphatic carbocycles. The summed E-state index contributed by atoms with van der Waals surface area (Å²) in [5.41, 5.74) is 3.38. The van der Waals surface area contributed by atoms with Gasteiger partial charge in [-0.15, -0.1) is 0 Å². The minimum absolute atomic E-state index is 0.234. The van der Waals surface area contributed by atoms with Crippen LogP contribution < -0.4 is 5.32 Å². The predicted molar refractivity (Wildman–Crippen MR) is 79.4 cm³/mol. The molecule has 0 bridgehead atoms. The van der Waals surface area contributed by atoms with Crippen molar-refractivity contribution in [3.05, 3.63) is 60.4 Å². The molecule has 1 aromatic carbocycles. The van der Waals surface area contributed by atoms with Gasteiger partial charge in [0.15, 0.2) is 0 Å². The fourth-order valence-electron chi connectivity index (χ4n) is 2.04. The van der Waals surface area contributed by atoms with Crippen molar-refractivity contribution in [2.75, 3.05) is 7.05 Å². The van der Waals surface area contributed by atoms with Gasteiger partial charge in [0.2, 0.25) is 0 Å². The third-order valence-electron chi connectivity index (χ3n) is 3.33. The molecule has 19 heavy (non-hydrogen) atoms. The summed E-state index contributed by atoms with van der Waals surface area (Å²) in [5, 5.41) is 7.96. The van der Waals surface area contributed by atoms with Crippen LogP contribution in [-0.2, 0) is 0 Å². The van der Waals surface area contributed by atoms with E-state index in [2.05, 4.69) is 42.1 Å². The molecule has 2 aromatic rings. The Labute approximate surface area is 115 Å². The Morgan fingerprint density at radius 3 is 2.68 bits per heavy atom. The molecular weight excluding hydrogens is 234 g/mol. The Morgan fingerprint density at radius 1 is 1.32 bits per heavy atom. The number of nitrogens with one attached hydrogen (secondary N) is 1. The van der Waals surface area contributed by atoms with E-state index in [1.54, 1.807) is 0 Å². The van der Waals surface area contributed by atoms with Crippen molar-refractivity contribution in [2.24, 2.45) is 0 Å². The summed E-state index contributed by atoms with van der Waals surface area (Å²) in [7, 11) is 1.97. The molecule has 3 heteroatoms. The van der Waals surface area contributed by atoms with Gasteiger partial charge in [-0.3, -0.25) is 0 Å². The van der Waals surface area contributed by atoms with Crippen LogP contribution in [0.25, 0.3) is 5.69 Å². The van der Waals surface area contributed by atoms with Gasteiger partial charge in [-0.25, -0.2) is 4.68 Å². The first kappa shape index (κ1) is 13.6. The smallest absolute Gasteiger partial charge is 0.0801 e. The standard InChI is InChI=1S/C16H21N3/c1-4-13(2)12-16(17-3)15-10-11-19(18-15)14-8-6-5-7-9-14/h5-11,16-17H,2,4,12H2,1,3H3. The van der Waals surface area contributed by atoms with Gasteiger partial charge in [0.05, 0.1) is 17.4 Å². The fraction of sp³-hybridized carbons (Fsp3) is 0.312. The van der Waals surface area contributed by atoms with Crippen molar-refractivity contribution in [3.8, 4) is 5.69 Å². The van der Waals surface area contributed by atoms with Crippen LogP contribution in [0.4, 0.5) is 0 Å². The highest BCUT2D eigenvalue weighted by molar-refractivity contribution is 5.30. The van der Waals surface area contributed by atoms with Crippen molar-refractivity contribution in [1.29, 1.82) is 0 Å². The SMILES string of the molecule is C=C(CC)CC(NC)c1ccn(-c2ccccc2)n1. The molecule has 0 saturated carbocycles. The van der Waals surface area contributed by atoms with Gasteiger partial charge in [-0.05, 0) is 38.1 Å². The minimum Gasteiger partial charge on any atom is -0.311 e. The maximum atomic E-state index is 4.65. The van der Waals surface area contributed by atoms with E-state index in [-0.39, 0.29) is 6.04 Å². The van der Waals surface area contributed by atoms with E-state index < -0.39 is 0 Å². The number of nitrogens with zero attached hydrogens (tertiary/aromatic N) is 2. The first-order chi connectivity index (χ1) is 9.24. The molecule has 0 saturated heterocycles. The molecule has 0 aliphatic rings. The average molecular weight is 255 g/mol. The second-order valence-corrected chi connectivity index (χ2v) is 4.67. The van der Waals surface area contributed by atoms with E-state index in [1.807, 2.05) is 36.1 Å². The first-order valence-electron chi connectivity index (χ1n) is 6.69. The quantitative estimate of drug-likeness (QED) is 0.801. The van der Waals surface area contributed by atoms with Crippen molar-refractivity contribution in [2.45, 2.75) is 25.8 Å². The maximum absolute atomic E-state index is 4.65. The number of hydrogen-bond donors (Lipinski definition) is 1. The average Bonchev–Trinajstić information content (AvgIpc) is 2.95. The molecule has 0 radical (unpaired) electrons. The number of benzene rings is 1. The molecule has 100 valence electrons. The zero-order chi connectivity index (χ0) is 13.7. The third kappa shape index (κ3) is 3.32. The highest BCUT2D eigenvalue weighted by Gasteiger charge is 2.13. The van der Waals surface area contributed by atoms with Gasteiger partial charge in [0, 0.05) is 6.20 Å². The lowest BCUT2D eigenvalue weighted by atomic mass is 10.0. The second-order valence-electron chi connectivity index (χ2n) is 4.67. The molecule has 1 atom stereocenters. The molecule has 1 unspecified atom stereocenters. The molecule has 0 aliphatic heterocycles. The van der Waals surface area contributed by atoms with Crippen molar-refractivity contribution >= 4 is 0 Å². The van der Waals surface area contributed by atoms with Gasteiger partial charge < -0.3 is 5.32 Å². The molecule has 3 nitrogen and oxygen atoms in total. The third-order valence-corrected chi connectivity index (χ3v) is 3.33. The van der Waals surface area contributed by atoms with Crippen LogP contribution in [0.3, 0.4) is 0 Å². The topological polar surface area (TPSA) is 29.9 Å². The van der Waals surface area contributed by atoms with E-state index in [1.165, 1.54) is 5.57 Å². The Morgan fingerprint density at radius 2 is 2.05 bits per heavy atom. The molecule has 1 heterocycles. The summed E-state index contributed by atoms with van der Waals surface area (Å²) in [5.74, 6) is 0. The number of para-hydroxylation sites is 1.